The van der Waals surface area contributed by atoms with Crippen LogP contribution in [0.3, 0.4) is 0 Å². The Morgan fingerprint density at radius 3 is 2.29 bits per heavy atom. The molecule has 1 fully saturated rings. The van der Waals surface area contributed by atoms with Crippen LogP contribution in [-0.2, 0) is 25.3 Å². The first-order chi connectivity index (χ1) is 15.6. The third kappa shape index (κ3) is 4.41. The Labute approximate surface area is 194 Å². The van der Waals surface area contributed by atoms with Crippen molar-refractivity contribution in [3.63, 3.8) is 0 Å². The second kappa shape index (κ2) is 8.18. The molecule has 0 unspecified atom stereocenters. The van der Waals surface area contributed by atoms with Gasteiger partial charge in [0.25, 0.3) is 0 Å². The van der Waals surface area contributed by atoms with Crippen LogP contribution >= 0.6 is 0 Å². The molecule has 0 atom stereocenters. The maximum atomic E-state index is 13.9. The summed E-state index contributed by atoms with van der Waals surface area (Å²) >= 11 is 0. The minimum atomic E-state index is -5.23. The Kier molecular flexibility index (Phi) is 5.99. The van der Waals surface area contributed by atoms with Crippen molar-refractivity contribution in [2.75, 3.05) is 13.1 Å². The quantitative estimate of drug-likeness (QED) is 0.598. The Hall–Kier alpha value is -2.22. The van der Waals surface area contributed by atoms with Crippen molar-refractivity contribution in [2.24, 2.45) is 0 Å². The molecule has 13 heteroatoms. The standard InChI is InChI=1S/C21H22F4N2O5S2/c1-20(2)14-4-3-12(22)9-17(14)33(28,29)18-11-19(16(10-15(18)20)32-21(23,24)25)34(30,31)27-13-5-7-26-8-6-13/h3-4,9-11,13,26-27H,5-8H2,1-2H3. The summed E-state index contributed by atoms with van der Waals surface area (Å²) in [5.74, 6) is -1.86. The van der Waals surface area contributed by atoms with E-state index in [1.54, 1.807) is 13.8 Å². The molecule has 1 saturated heterocycles. The summed E-state index contributed by atoms with van der Waals surface area (Å²) in [6.45, 7) is 4.12. The first-order valence-corrected chi connectivity index (χ1v) is 13.3. The van der Waals surface area contributed by atoms with E-state index in [0.29, 0.717) is 32.0 Å². The molecule has 0 aliphatic carbocycles. The molecule has 2 aromatic carbocycles. The van der Waals surface area contributed by atoms with E-state index in [1.807, 2.05) is 0 Å². The van der Waals surface area contributed by atoms with E-state index >= 15 is 0 Å². The third-order valence-electron chi connectivity index (χ3n) is 6.09. The first-order valence-electron chi connectivity index (χ1n) is 10.4. The number of ether oxygens (including phenoxy) is 1. The van der Waals surface area contributed by atoms with Crippen LogP contribution < -0.4 is 14.8 Å². The summed E-state index contributed by atoms with van der Waals surface area (Å²) in [4.78, 5) is -1.85. The third-order valence-corrected chi connectivity index (χ3v) is 9.47. The molecule has 2 heterocycles. The Morgan fingerprint density at radius 2 is 1.68 bits per heavy atom. The molecule has 0 radical (unpaired) electrons. The summed E-state index contributed by atoms with van der Waals surface area (Å²) in [6.07, 6.45) is -4.43. The van der Waals surface area contributed by atoms with Crippen molar-refractivity contribution >= 4 is 19.9 Å². The van der Waals surface area contributed by atoms with E-state index in [0.717, 1.165) is 18.2 Å². The SMILES string of the molecule is CC1(C)c2ccc(F)cc2S(=O)(=O)c2cc(S(=O)(=O)NC3CCNCC3)c(OC(F)(F)F)cc21. The van der Waals surface area contributed by atoms with E-state index in [2.05, 4.69) is 14.8 Å². The predicted molar refractivity (Wildman–Crippen MR) is 113 cm³/mol. The molecule has 186 valence electrons. The number of hydrogen-bond acceptors (Lipinski definition) is 6. The minimum absolute atomic E-state index is 0.0910. The minimum Gasteiger partial charge on any atom is -0.404 e. The van der Waals surface area contributed by atoms with Gasteiger partial charge in [-0.15, -0.1) is 13.2 Å². The van der Waals surface area contributed by atoms with Crippen molar-refractivity contribution in [1.29, 1.82) is 0 Å². The number of benzene rings is 2. The van der Waals surface area contributed by atoms with Crippen molar-refractivity contribution in [3.8, 4) is 5.75 Å². The largest absolute Gasteiger partial charge is 0.573 e. The topological polar surface area (TPSA) is 102 Å². The Bertz CT molecular complexity index is 1350. The average molecular weight is 523 g/mol. The molecule has 34 heavy (non-hydrogen) atoms. The Morgan fingerprint density at radius 1 is 1.06 bits per heavy atom. The lowest BCUT2D eigenvalue weighted by atomic mass is 9.77. The van der Waals surface area contributed by atoms with Crippen molar-refractivity contribution in [1.82, 2.24) is 10.0 Å². The summed E-state index contributed by atoms with van der Waals surface area (Å²) < 4.78 is 113. The number of hydrogen-bond donors (Lipinski definition) is 2. The number of halogens is 4. The maximum Gasteiger partial charge on any atom is 0.573 e. The number of piperidine rings is 1. The number of sulfone groups is 1. The summed E-state index contributed by atoms with van der Waals surface area (Å²) in [6, 6.07) is 4.03. The zero-order valence-corrected chi connectivity index (χ0v) is 19.8. The van der Waals surface area contributed by atoms with Crippen LogP contribution in [0.1, 0.15) is 37.8 Å². The molecule has 2 N–H and O–H groups in total. The van der Waals surface area contributed by atoms with Crippen LogP contribution in [-0.4, -0.2) is 42.3 Å². The van der Waals surface area contributed by atoms with Crippen molar-refractivity contribution < 1.29 is 39.1 Å². The highest BCUT2D eigenvalue weighted by atomic mass is 32.2. The van der Waals surface area contributed by atoms with Gasteiger partial charge in [-0.25, -0.2) is 25.9 Å². The molecule has 0 aromatic heterocycles. The van der Waals surface area contributed by atoms with Gasteiger partial charge in [0, 0.05) is 11.5 Å². The summed E-state index contributed by atoms with van der Waals surface area (Å²) in [5, 5.41) is 3.04. The lowest BCUT2D eigenvalue weighted by Crippen LogP contribution is -2.43. The predicted octanol–water partition coefficient (Wildman–Crippen LogP) is 3.23. The van der Waals surface area contributed by atoms with Gasteiger partial charge in [0.1, 0.15) is 16.5 Å². The monoisotopic (exact) mass is 522 g/mol. The number of nitrogens with one attached hydrogen (secondary N) is 2. The van der Waals surface area contributed by atoms with E-state index in [4.69, 9.17) is 0 Å². The summed E-state index contributed by atoms with van der Waals surface area (Å²) in [5.41, 5.74) is -1.12. The van der Waals surface area contributed by atoms with Crippen LogP contribution in [0.5, 0.6) is 5.75 Å². The molecule has 0 amide bonds. The van der Waals surface area contributed by atoms with E-state index < -0.39 is 59.0 Å². The molecule has 0 bridgehead atoms. The van der Waals surface area contributed by atoms with Crippen LogP contribution in [0, 0.1) is 5.82 Å². The van der Waals surface area contributed by atoms with Gasteiger partial charge < -0.3 is 10.1 Å². The van der Waals surface area contributed by atoms with E-state index in [-0.39, 0.29) is 16.0 Å². The van der Waals surface area contributed by atoms with Gasteiger partial charge in [-0.2, -0.15) is 0 Å². The fraction of sp³-hybridized carbons (Fsp3) is 0.429. The highest BCUT2D eigenvalue weighted by Crippen LogP contribution is 2.48. The van der Waals surface area contributed by atoms with Gasteiger partial charge in [0.2, 0.25) is 19.9 Å². The number of alkyl halides is 3. The van der Waals surface area contributed by atoms with Crippen LogP contribution in [0.15, 0.2) is 45.0 Å². The number of rotatable bonds is 4. The fourth-order valence-corrected chi connectivity index (χ4v) is 7.90. The molecule has 2 aliphatic rings. The Balaban J connectivity index is 1.95. The molecule has 2 aromatic rings. The smallest absolute Gasteiger partial charge is 0.404 e. The van der Waals surface area contributed by atoms with E-state index in [9.17, 15) is 34.4 Å². The lowest BCUT2D eigenvalue weighted by Gasteiger charge is -2.35. The van der Waals surface area contributed by atoms with Crippen molar-refractivity contribution in [2.45, 2.75) is 59.2 Å². The molecular weight excluding hydrogens is 500 g/mol. The second-order valence-corrected chi connectivity index (χ2v) is 12.3. The molecule has 0 spiro atoms. The average Bonchev–Trinajstić information content (AvgIpc) is 2.71. The van der Waals surface area contributed by atoms with Gasteiger partial charge in [0.05, 0.1) is 9.79 Å². The lowest BCUT2D eigenvalue weighted by molar-refractivity contribution is -0.275. The zero-order valence-electron chi connectivity index (χ0n) is 18.2. The molecule has 0 saturated carbocycles. The van der Waals surface area contributed by atoms with Gasteiger partial charge in [-0.3, -0.25) is 0 Å². The van der Waals surface area contributed by atoms with E-state index in [1.165, 1.54) is 6.07 Å². The maximum absolute atomic E-state index is 13.9. The zero-order chi connectivity index (χ0) is 25.1. The molecule has 2 aliphatic heterocycles. The van der Waals surface area contributed by atoms with Gasteiger partial charge >= 0.3 is 6.36 Å². The first kappa shape index (κ1) is 24.9. The van der Waals surface area contributed by atoms with Crippen LogP contribution in [0.2, 0.25) is 0 Å². The van der Waals surface area contributed by atoms with Gasteiger partial charge in [-0.1, -0.05) is 19.9 Å². The normalized spacial score (nSPS) is 19.8. The van der Waals surface area contributed by atoms with Crippen LogP contribution in [0.25, 0.3) is 0 Å². The summed E-state index contributed by atoms with van der Waals surface area (Å²) in [7, 11) is -9.06. The van der Waals surface area contributed by atoms with Crippen LogP contribution in [0.4, 0.5) is 17.6 Å². The highest BCUT2D eigenvalue weighted by molar-refractivity contribution is 7.92. The molecule has 7 nitrogen and oxygen atoms in total. The highest BCUT2D eigenvalue weighted by Gasteiger charge is 2.44. The van der Waals surface area contributed by atoms with Crippen molar-refractivity contribution in [3.05, 3.63) is 47.3 Å². The number of fused-ring (bicyclic) bond motifs is 2. The molecular formula is C21H22F4N2O5S2. The second-order valence-electron chi connectivity index (χ2n) is 8.76. The van der Waals surface area contributed by atoms with Gasteiger partial charge in [-0.05, 0) is 61.3 Å². The molecule has 4 rings (SSSR count). The number of sulfonamides is 1. The van der Waals surface area contributed by atoms with Gasteiger partial charge in [0.15, 0.2) is 0 Å². The fourth-order valence-electron chi connectivity index (χ4n) is 4.39.